The van der Waals surface area contributed by atoms with E-state index in [4.69, 9.17) is 0 Å². The number of carbonyl (C=O) groups is 2. The Labute approximate surface area is 122 Å². The zero-order valence-corrected chi connectivity index (χ0v) is 11.6. The van der Waals surface area contributed by atoms with Gasteiger partial charge in [0.25, 0.3) is 0 Å². The molecular formula is C14H18N4O3. The minimum absolute atomic E-state index is 0.0437. The number of hydrogen-bond acceptors (Lipinski definition) is 4. The molecule has 2 rings (SSSR count). The lowest BCUT2D eigenvalue weighted by atomic mass is 10.2. The summed E-state index contributed by atoms with van der Waals surface area (Å²) >= 11 is 0. The Balaban J connectivity index is 1.72. The number of likely N-dealkylation sites (tertiary alicyclic amines) is 1. The molecule has 0 bridgehead atoms. The quantitative estimate of drug-likeness (QED) is 0.561. The lowest BCUT2D eigenvalue weighted by Gasteiger charge is -2.15. The van der Waals surface area contributed by atoms with Gasteiger partial charge in [-0.05, 0) is 25.0 Å². The number of amides is 3. The molecule has 0 radical (unpaired) electrons. The van der Waals surface area contributed by atoms with E-state index in [0.29, 0.717) is 5.56 Å². The number of nitrogens with one attached hydrogen (secondary N) is 2. The number of phenols is 1. The first-order valence-electron chi connectivity index (χ1n) is 6.79. The average molecular weight is 290 g/mol. The van der Waals surface area contributed by atoms with Crippen LogP contribution >= 0.6 is 0 Å². The fourth-order valence-corrected chi connectivity index (χ4v) is 2.03. The molecule has 1 aromatic rings. The first-order chi connectivity index (χ1) is 10.2. The molecule has 0 unspecified atom stereocenters. The maximum atomic E-state index is 11.7. The molecule has 1 saturated heterocycles. The van der Waals surface area contributed by atoms with Crippen molar-refractivity contribution in [3.05, 3.63) is 29.8 Å². The van der Waals surface area contributed by atoms with Crippen LogP contribution in [0.15, 0.2) is 29.4 Å². The molecule has 1 aliphatic heterocycles. The van der Waals surface area contributed by atoms with Gasteiger partial charge in [-0.2, -0.15) is 5.10 Å². The lowest BCUT2D eigenvalue weighted by molar-refractivity contribution is -0.128. The second kappa shape index (κ2) is 7.28. The third kappa shape index (κ3) is 4.48. The Morgan fingerprint density at radius 1 is 1.29 bits per heavy atom. The number of phenolic OH excluding ortho intramolecular Hbond substituents is 1. The van der Waals surface area contributed by atoms with Crippen molar-refractivity contribution in [2.45, 2.75) is 12.8 Å². The number of urea groups is 1. The van der Waals surface area contributed by atoms with Gasteiger partial charge in [0.1, 0.15) is 5.75 Å². The summed E-state index contributed by atoms with van der Waals surface area (Å²) in [5.41, 5.74) is 2.73. The predicted molar refractivity (Wildman–Crippen MR) is 78.0 cm³/mol. The molecule has 0 aliphatic carbocycles. The summed E-state index contributed by atoms with van der Waals surface area (Å²) < 4.78 is 0. The first-order valence-corrected chi connectivity index (χ1v) is 6.79. The van der Waals surface area contributed by atoms with Gasteiger partial charge in [-0.25, -0.2) is 10.2 Å². The molecule has 1 heterocycles. The summed E-state index contributed by atoms with van der Waals surface area (Å²) in [6, 6.07) is 6.06. The van der Waals surface area contributed by atoms with E-state index in [-0.39, 0.29) is 18.2 Å². The van der Waals surface area contributed by atoms with Gasteiger partial charge in [-0.15, -0.1) is 0 Å². The Morgan fingerprint density at radius 3 is 2.71 bits per heavy atom. The topological polar surface area (TPSA) is 94.0 Å². The second-order valence-electron chi connectivity index (χ2n) is 4.70. The summed E-state index contributed by atoms with van der Waals surface area (Å²) in [6.45, 7) is 1.47. The van der Waals surface area contributed by atoms with Crippen molar-refractivity contribution in [3.63, 3.8) is 0 Å². The van der Waals surface area contributed by atoms with Gasteiger partial charge in [0, 0.05) is 18.7 Å². The number of benzene rings is 1. The zero-order valence-electron chi connectivity index (χ0n) is 11.6. The van der Waals surface area contributed by atoms with Crippen LogP contribution in [0.4, 0.5) is 4.79 Å². The van der Waals surface area contributed by atoms with Crippen LogP contribution in [0, 0.1) is 0 Å². The molecule has 0 spiro atoms. The maximum Gasteiger partial charge on any atom is 0.335 e. The van der Waals surface area contributed by atoms with Gasteiger partial charge >= 0.3 is 6.03 Å². The third-order valence-corrected chi connectivity index (χ3v) is 3.17. The highest BCUT2D eigenvalue weighted by Gasteiger charge is 2.17. The summed E-state index contributed by atoms with van der Waals surface area (Å²) in [4.78, 5) is 24.9. The fourth-order valence-electron chi connectivity index (χ4n) is 2.03. The highest BCUT2D eigenvalue weighted by molar-refractivity contribution is 5.86. The number of aromatic hydroxyl groups is 1. The van der Waals surface area contributed by atoms with E-state index < -0.39 is 6.03 Å². The molecule has 7 nitrogen and oxygen atoms in total. The van der Waals surface area contributed by atoms with Crippen molar-refractivity contribution in [2.24, 2.45) is 5.10 Å². The van der Waals surface area contributed by atoms with Crippen molar-refractivity contribution in [1.29, 1.82) is 0 Å². The van der Waals surface area contributed by atoms with Gasteiger partial charge in [-0.1, -0.05) is 12.1 Å². The lowest BCUT2D eigenvalue weighted by Crippen LogP contribution is -2.41. The summed E-state index contributed by atoms with van der Waals surface area (Å²) in [7, 11) is 0. The molecule has 3 N–H and O–H groups in total. The van der Waals surface area contributed by atoms with Crippen molar-refractivity contribution in [2.75, 3.05) is 19.6 Å². The van der Waals surface area contributed by atoms with E-state index in [1.807, 2.05) is 0 Å². The van der Waals surface area contributed by atoms with Crippen molar-refractivity contribution < 1.29 is 14.7 Å². The normalized spacial score (nSPS) is 14.4. The summed E-state index contributed by atoms with van der Waals surface area (Å²) in [5.74, 6) is -0.0139. The summed E-state index contributed by atoms with van der Waals surface area (Å²) in [6.07, 6.45) is 3.36. The van der Waals surface area contributed by atoms with E-state index in [0.717, 1.165) is 25.9 Å². The monoisotopic (exact) mass is 290 g/mol. The largest absolute Gasteiger partial charge is 0.507 e. The van der Waals surface area contributed by atoms with Crippen LogP contribution in [-0.4, -0.2) is 47.8 Å². The van der Waals surface area contributed by atoms with Gasteiger partial charge in [0.15, 0.2) is 0 Å². The molecule has 21 heavy (non-hydrogen) atoms. The minimum Gasteiger partial charge on any atom is -0.507 e. The second-order valence-corrected chi connectivity index (χ2v) is 4.70. The van der Waals surface area contributed by atoms with Gasteiger partial charge in [0.05, 0.1) is 12.8 Å². The maximum absolute atomic E-state index is 11.7. The van der Waals surface area contributed by atoms with Crippen LogP contribution < -0.4 is 10.7 Å². The zero-order chi connectivity index (χ0) is 15.1. The molecule has 3 amide bonds. The van der Waals surface area contributed by atoms with Gasteiger partial charge in [-0.3, -0.25) is 4.79 Å². The molecule has 7 heteroatoms. The van der Waals surface area contributed by atoms with Gasteiger partial charge < -0.3 is 15.3 Å². The number of para-hydroxylation sites is 1. The van der Waals surface area contributed by atoms with Crippen LogP contribution in [0.2, 0.25) is 0 Å². The van der Waals surface area contributed by atoms with Crippen molar-refractivity contribution in [1.82, 2.24) is 15.6 Å². The number of hydrogen-bond donors (Lipinski definition) is 3. The van der Waals surface area contributed by atoms with E-state index in [1.165, 1.54) is 12.3 Å². The molecule has 1 aromatic carbocycles. The highest BCUT2D eigenvalue weighted by atomic mass is 16.3. The van der Waals surface area contributed by atoms with E-state index in [9.17, 15) is 14.7 Å². The molecule has 1 aliphatic rings. The molecule has 1 fully saturated rings. The van der Waals surface area contributed by atoms with Crippen LogP contribution in [0.3, 0.4) is 0 Å². The first kappa shape index (κ1) is 14.8. The summed E-state index contributed by atoms with van der Waals surface area (Å²) in [5, 5.41) is 15.7. The molecule has 0 atom stereocenters. The van der Waals surface area contributed by atoms with E-state index >= 15 is 0 Å². The molecule has 0 aromatic heterocycles. The van der Waals surface area contributed by atoms with Crippen LogP contribution in [0.1, 0.15) is 18.4 Å². The Kier molecular flexibility index (Phi) is 5.14. The van der Waals surface area contributed by atoms with Gasteiger partial charge in [0.2, 0.25) is 5.91 Å². The number of carbonyl (C=O) groups excluding carboxylic acids is 2. The van der Waals surface area contributed by atoms with Crippen molar-refractivity contribution >= 4 is 18.2 Å². The van der Waals surface area contributed by atoms with E-state index in [2.05, 4.69) is 15.8 Å². The highest BCUT2D eigenvalue weighted by Crippen LogP contribution is 2.12. The van der Waals surface area contributed by atoms with Crippen LogP contribution in [0.5, 0.6) is 5.75 Å². The fraction of sp³-hybridized carbons (Fsp3) is 0.357. The third-order valence-electron chi connectivity index (χ3n) is 3.17. The number of rotatable bonds is 4. The number of hydrazone groups is 1. The van der Waals surface area contributed by atoms with Crippen LogP contribution in [-0.2, 0) is 4.79 Å². The smallest absolute Gasteiger partial charge is 0.335 e. The minimum atomic E-state index is -0.561. The molecular weight excluding hydrogens is 272 g/mol. The average Bonchev–Trinajstić information content (AvgIpc) is 3.01. The predicted octanol–water partition coefficient (Wildman–Crippen LogP) is 0.648. The molecule has 0 saturated carbocycles. The van der Waals surface area contributed by atoms with Crippen LogP contribution in [0.25, 0.3) is 0 Å². The molecule has 112 valence electrons. The Hall–Kier alpha value is -2.57. The Bertz CT molecular complexity index is 539. The van der Waals surface area contributed by atoms with Crippen molar-refractivity contribution in [3.8, 4) is 5.75 Å². The van der Waals surface area contributed by atoms with E-state index in [1.54, 1.807) is 23.1 Å². The SMILES string of the molecule is O=C(NCC(=O)N1CCCC1)N/N=C/c1ccccc1O. The number of nitrogens with zero attached hydrogens (tertiary/aromatic N) is 2. The standard InChI is InChI=1S/C14H18N4O3/c19-12-6-2-1-5-11(12)9-16-17-14(21)15-10-13(20)18-7-3-4-8-18/h1-2,5-6,9,19H,3-4,7-8,10H2,(H2,15,17,21)/b16-9+. The Morgan fingerprint density at radius 2 is 2.00 bits per heavy atom.